The number of hydrogen-bond acceptors (Lipinski definition) is 2. The summed E-state index contributed by atoms with van der Waals surface area (Å²) in [5.41, 5.74) is 8.38. The minimum Gasteiger partial charge on any atom is -0.323 e. The summed E-state index contributed by atoms with van der Waals surface area (Å²) in [7, 11) is 0. The number of nitrogens with two attached hydrogens (primary N) is 1. The fourth-order valence-electron chi connectivity index (χ4n) is 1.73. The van der Waals surface area contributed by atoms with Crippen LogP contribution < -0.4 is 11.1 Å². The van der Waals surface area contributed by atoms with Gasteiger partial charge in [-0.3, -0.25) is 4.79 Å². The Morgan fingerprint density at radius 1 is 1.25 bits per heavy atom. The zero-order valence-electron chi connectivity index (χ0n) is 10.9. The van der Waals surface area contributed by atoms with Crippen molar-refractivity contribution in [3.63, 3.8) is 0 Å². The molecule has 1 amide bonds. The standard InChI is InChI=1S/C15H14BrClN2O/c1-9-2-4-10(5-3-9)14(18)15(20)19-13-8-11(16)6-7-12(13)17/h2-8,14H,18H2,1H3,(H,19,20). The second kappa shape index (κ2) is 6.39. The van der Waals surface area contributed by atoms with E-state index in [1.165, 1.54) is 0 Å². The number of amides is 1. The van der Waals surface area contributed by atoms with E-state index in [9.17, 15) is 4.79 Å². The van der Waals surface area contributed by atoms with Gasteiger partial charge in [-0.05, 0) is 30.7 Å². The number of carbonyl (C=O) groups is 1. The molecule has 0 aromatic heterocycles. The first-order valence-electron chi connectivity index (χ1n) is 6.05. The number of hydrogen-bond donors (Lipinski definition) is 2. The van der Waals surface area contributed by atoms with Crippen molar-refractivity contribution in [1.82, 2.24) is 0 Å². The smallest absolute Gasteiger partial charge is 0.245 e. The third kappa shape index (κ3) is 3.60. The van der Waals surface area contributed by atoms with Crippen LogP contribution in [0.3, 0.4) is 0 Å². The first-order valence-corrected chi connectivity index (χ1v) is 7.22. The Bertz CT molecular complexity index is 628. The molecule has 0 bridgehead atoms. The molecule has 0 aliphatic carbocycles. The largest absolute Gasteiger partial charge is 0.323 e. The lowest BCUT2D eigenvalue weighted by molar-refractivity contribution is -0.117. The monoisotopic (exact) mass is 352 g/mol. The molecule has 1 atom stereocenters. The van der Waals surface area contributed by atoms with Gasteiger partial charge in [0.1, 0.15) is 6.04 Å². The molecule has 0 spiro atoms. The Morgan fingerprint density at radius 2 is 1.90 bits per heavy atom. The molecule has 104 valence electrons. The Morgan fingerprint density at radius 3 is 2.55 bits per heavy atom. The third-order valence-corrected chi connectivity index (χ3v) is 3.73. The molecule has 2 aromatic carbocycles. The first-order chi connectivity index (χ1) is 9.47. The van der Waals surface area contributed by atoms with Crippen LogP contribution in [0.4, 0.5) is 5.69 Å². The average Bonchev–Trinajstić information content (AvgIpc) is 2.43. The zero-order chi connectivity index (χ0) is 14.7. The predicted molar refractivity (Wildman–Crippen MR) is 85.9 cm³/mol. The van der Waals surface area contributed by atoms with Gasteiger partial charge in [0, 0.05) is 4.47 Å². The highest BCUT2D eigenvalue weighted by Gasteiger charge is 2.16. The van der Waals surface area contributed by atoms with Crippen LogP contribution in [0.25, 0.3) is 0 Å². The van der Waals surface area contributed by atoms with Gasteiger partial charge in [0.2, 0.25) is 5.91 Å². The summed E-state index contributed by atoms with van der Waals surface area (Å²) in [6.07, 6.45) is 0. The van der Waals surface area contributed by atoms with Gasteiger partial charge in [-0.1, -0.05) is 57.4 Å². The van der Waals surface area contributed by atoms with Crippen LogP contribution in [0.1, 0.15) is 17.2 Å². The quantitative estimate of drug-likeness (QED) is 0.874. The molecule has 0 saturated heterocycles. The van der Waals surface area contributed by atoms with Crippen molar-refractivity contribution < 1.29 is 4.79 Å². The highest BCUT2D eigenvalue weighted by molar-refractivity contribution is 9.10. The van der Waals surface area contributed by atoms with E-state index < -0.39 is 6.04 Å². The van der Waals surface area contributed by atoms with E-state index >= 15 is 0 Å². The van der Waals surface area contributed by atoms with Crippen molar-refractivity contribution in [3.8, 4) is 0 Å². The Labute approximate surface area is 131 Å². The maximum atomic E-state index is 12.2. The molecule has 0 radical (unpaired) electrons. The minimum absolute atomic E-state index is 0.297. The van der Waals surface area contributed by atoms with Crippen molar-refractivity contribution in [1.29, 1.82) is 0 Å². The fourth-order valence-corrected chi connectivity index (χ4v) is 2.25. The van der Waals surface area contributed by atoms with Crippen molar-refractivity contribution in [2.45, 2.75) is 13.0 Å². The number of benzene rings is 2. The van der Waals surface area contributed by atoms with E-state index in [4.69, 9.17) is 17.3 Å². The Hall–Kier alpha value is -1.36. The number of anilines is 1. The second-order valence-electron chi connectivity index (χ2n) is 4.50. The van der Waals surface area contributed by atoms with Crippen LogP contribution in [-0.2, 0) is 4.79 Å². The van der Waals surface area contributed by atoms with Gasteiger partial charge in [0.25, 0.3) is 0 Å². The zero-order valence-corrected chi connectivity index (χ0v) is 13.2. The molecule has 0 heterocycles. The molecule has 0 aliphatic heterocycles. The second-order valence-corrected chi connectivity index (χ2v) is 5.82. The molecular formula is C15H14BrClN2O. The number of carbonyl (C=O) groups excluding carboxylic acids is 1. The van der Waals surface area contributed by atoms with Gasteiger partial charge in [-0.2, -0.15) is 0 Å². The van der Waals surface area contributed by atoms with Crippen LogP contribution in [0.2, 0.25) is 5.02 Å². The predicted octanol–water partition coefficient (Wildman–Crippen LogP) is 4.05. The van der Waals surface area contributed by atoms with Gasteiger partial charge in [0.05, 0.1) is 10.7 Å². The molecule has 0 aliphatic rings. The summed E-state index contributed by atoms with van der Waals surface area (Å²) in [5, 5.41) is 3.21. The summed E-state index contributed by atoms with van der Waals surface area (Å²) >= 11 is 9.37. The SMILES string of the molecule is Cc1ccc(C(N)C(=O)Nc2cc(Br)ccc2Cl)cc1. The van der Waals surface area contributed by atoms with E-state index in [2.05, 4.69) is 21.2 Å². The molecule has 2 rings (SSSR count). The van der Waals surface area contributed by atoms with E-state index in [0.717, 1.165) is 15.6 Å². The maximum Gasteiger partial charge on any atom is 0.245 e. The molecule has 0 fully saturated rings. The van der Waals surface area contributed by atoms with Crippen LogP contribution in [0.15, 0.2) is 46.9 Å². The lowest BCUT2D eigenvalue weighted by Gasteiger charge is -2.14. The van der Waals surface area contributed by atoms with E-state index in [0.29, 0.717) is 10.7 Å². The van der Waals surface area contributed by atoms with E-state index in [1.54, 1.807) is 18.2 Å². The van der Waals surface area contributed by atoms with Crippen molar-refractivity contribution in [2.24, 2.45) is 5.73 Å². The van der Waals surface area contributed by atoms with Crippen LogP contribution in [0.5, 0.6) is 0 Å². The number of nitrogens with one attached hydrogen (secondary N) is 1. The van der Waals surface area contributed by atoms with E-state index in [1.807, 2.05) is 31.2 Å². The molecule has 3 nitrogen and oxygen atoms in total. The van der Waals surface area contributed by atoms with Crippen LogP contribution >= 0.6 is 27.5 Å². The summed E-state index contributed by atoms with van der Waals surface area (Å²) in [6.45, 7) is 1.98. The van der Waals surface area contributed by atoms with Gasteiger partial charge < -0.3 is 11.1 Å². The molecule has 1 unspecified atom stereocenters. The van der Waals surface area contributed by atoms with Gasteiger partial charge >= 0.3 is 0 Å². The average molecular weight is 354 g/mol. The maximum absolute atomic E-state index is 12.2. The number of aryl methyl sites for hydroxylation is 1. The van der Waals surface area contributed by atoms with E-state index in [-0.39, 0.29) is 5.91 Å². The Kier molecular flexibility index (Phi) is 4.81. The highest BCUT2D eigenvalue weighted by atomic mass is 79.9. The van der Waals surface area contributed by atoms with Crippen molar-refractivity contribution in [2.75, 3.05) is 5.32 Å². The van der Waals surface area contributed by atoms with Gasteiger partial charge in [0.15, 0.2) is 0 Å². The molecule has 0 saturated carbocycles. The fraction of sp³-hybridized carbons (Fsp3) is 0.133. The molecule has 2 aromatic rings. The summed E-state index contributed by atoms with van der Waals surface area (Å²) in [6, 6.07) is 12.1. The molecule has 3 N–H and O–H groups in total. The number of halogens is 2. The first kappa shape index (κ1) is 15.0. The summed E-state index contributed by atoms with van der Waals surface area (Å²) < 4.78 is 0.834. The summed E-state index contributed by atoms with van der Waals surface area (Å²) in [5.74, 6) is -0.297. The molecule has 5 heteroatoms. The number of rotatable bonds is 3. The van der Waals surface area contributed by atoms with Crippen molar-refractivity contribution in [3.05, 3.63) is 63.1 Å². The topological polar surface area (TPSA) is 55.1 Å². The molecular weight excluding hydrogens is 340 g/mol. The third-order valence-electron chi connectivity index (χ3n) is 2.91. The lowest BCUT2D eigenvalue weighted by atomic mass is 10.1. The normalized spacial score (nSPS) is 12.0. The Balaban J connectivity index is 2.15. The molecule has 20 heavy (non-hydrogen) atoms. The minimum atomic E-state index is -0.731. The highest BCUT2D eigenvalue weighted by Crippen LogP contribution is 2.26. The van der Waals surface area contributed by atoms with Gasteiger partial charge in [-0.15, -0.1) is 0 Å². The van der Waals surface area contributed by atoms with Gasteiger partial charge in [-0.25, -0.2) is 0 Å². The van der Waals surface area contributed by atoms with Crippen LogP contribution in [0, 0.1) is 6.92 Å². The van der Waals surface area contributed by atoms with Crippen LogP contribution in [-0.4, -0.2) is 5.91 Å². The summed E-state index contributed by atoms with van der Waals surface area (Å²) in [4.78, 5) is 12.2. The lowest BCUT2D eigenvalue weighted by Crippen LogP contribution is -2.27. The van der Waals surface area contributed by atoms with Crippen molar-refractivity contribution >= 4 is 39.1 Å².